The van der Waals surface area contributed by atoms with Gasteiger partial charge in [0.1, 0.15) is 16.7 Å². The third-order valence-electron chi connectivity index (χ3n) is 4.52. The summed E-state index contributed by atoms with van der Waals surface area (Å²) >= 11 is 6.57. The van der Waals surface area contributed by atoms with Gasteiger partial charge in [-0.1, -0.05) is 42.2 Å². The molecule has 0 unspecified atom stereocenters. The predicted octanol–water partition coefficient (Wildman–Crippen LogP) is 5.36. The molecule has 0 spiro atoms. The number of carbonyl (C=O) groups excluding carboxylic acids is 1. The van der Waals surface area contributed by atoms with Crippen LogP contribution < -0.4 is 9.47 Å². The van der Waals surface area contributed by atoms with Crippen molar-refractivity contribution in [3.05, 3.63) is 76.5 Å². The summed E-state index contributed by atoms with van der Waals surface area (Å²) in [7, 11) is 1.57. The van der Waals surface area contributed by atoms with Crippen molar-refractivity contribution in [1.29, 1.82) is 0 Å². The van der Waals surface area contributed by atoms with Crippen LogP contribution in [0, 0.1) is 5.82 Å². The van der Waals surface area contributed by atoms with E-state index in [4.69, 9.17) is 21.7 Å². The average molecular weight is 444 g/mol. The normalized spacial score (nSPS) is 15.0. The molecule has 156 valence electrons. The molecule has 1 aliphatic rings. The molecule has 0 bridgehead atoms. The maximum absolute atomic E-state index is 13.1. The summed E-state index contributed by atoms with van der Waals surface area (Å²) in [6.45, 7) is 6.53. The van der Waals surface area contributed by atoms with Gasteiger partial charge >= 0.3 is 0 Å². The summed E-state index contributed by atoms with van der Waals surface area (Å²) in [6.07, 6.45) is 4.15. The molecule has 4 nitrogen and oxygen atoms in total. The number of carbonyl (C=O) groups is 1. The summed E-state index contributed by atoms with van der Waals surface area (Å²) in [5.74, 6) is 0.767. The third-order valence-corrected chi connectivity index (χ3v) is 5.90. The van der Waals surface area contributed by atoms with Gasteiger partial charge in [0.15, 0.2) is 11.5 Å². The Bertz CT molecular complexity index is 1000. The minimum atomic E-state index is -0.290. The second kappa shape index (κ2) is 9.91. The molecule has 1 aliphatic heterocycles. The number of amides is 1. The van der Waals surface area contributed by atoms with E-state index in [1.807, 2.05) is 25.1 Å². The van der Waals surface area contributed by atoms with Gasteiger partial charge in [-0.3, -0.25) is 9.69 Å². The number of methoxy groups -OCH3 is 1. The first-order chi connectivity index (χ1) is 14.5. The largest absolute Gasteiger partial charge is 0.493 e. The van der Waals surface area contributed by atoms with E-state index in [1.165, 1.54) is 23.9 Å². The van der Waals surface area contributed by atoms with Crippen molar-refractivity contribution < 1.29 is 18.7 Å². The number of nitrogens with zero attached hydrogens (tertiary/aromatic N) is 1. The van der Waals surface area contributed by atoms with Crippen LogP contribution in [0.2, 0.25) is 0 Å². The lowest BCUT2D eigenvalue weighted by atomic mass is 10.0. The quantitative estimate of drug-likeness (QED) is 0.312. The van der Waals surface area contributed by atoms with Crippen LogP contribution in [0.5, 0.6) is 11.5 Å². The standard InChI is InChI=1S/C23H22FNO3S2/c1-4-6-17-11-16(13-20-22(26)25(5-2)23(29)30-20)12-19(27-3)21(17)28-14-15-7-9-18(24)10-8-15/h4,7-13H,1,5-6,14H2,2-3H3/b20-13-. The molecule has 3 rings (SSSR count). The Labute approximate surface area is 185 Å². The lowest BCUT2D eigenvalue weighted by molar-refractivity contribution is -0.121. The number of hydrogen-bond donors (Lipinski definition) is 0. The number of likely N-dealkylation sites (N-methyl/N-ethyl adjacent to an activating group) is 1. The van der Waals surface area contributed by atoms with Crippen LogP contribution >= 0.6 is 24.0 Å². The second-order valence-corrected chi connectivity index (χ2v) is 8.22. The Hall–Kier alpha value is -2.64. The maximum atomic E-state index is 13.1. The van der Waals surface area contributed by atoms with Gasteiger partial charge in [-0.05, 0) is 54.8 Å². The highest BCUT2D eigenvalue weighted by Crippen LogP contribution is 2.37. The van der Waals surface area contributed by atoms with E-state index in [0.717, 1.165) is 16.7 Å². The van der Waals surface area contributed by atoms with E-state index in [9.17, 15) is 9.18 Å². The van der Waals surface area contributed by atoms with E-state index in [1.54, 1.807) is 30.2 Å². The van der Waals surface area contributed by atoms with E-state index < -0.39 is 0 Å². The molecule has 0 aromatic heterocycles. The molecule has 1 saturated heterocycles. The molecular formula is C23H22FNO3S2. The highest BCUT2D eigenvalue weighted by molar-refractivity contribution is 8.26. The Morgan fingerprint density at radius 1 is 1.27 bits per heavy atom. The number of allylic oxidation sites excluding steroid dienone is 1. The molecule has 1 fully saturated rings. The fourth-order valence-electron chi connectivity index (χ4n) is 3.05. The molecule has 0 radical (unpaired) electrons. The molecule has 0 aliphatic carbocycles. The van der Waals surface area contributed by atoms with E-state index in [0.29, 0.717) is 33.7 Å². The first-order valence-electron chi connectivity index (χ1n) is 9.41. The summed E-state index contributed by atoms with van der Waals surface area (Å²) in [4.78, 5) is 14.7. The number of thioether (sulfide) groups is 1. The van der Waals surface area contributed by atoms with Crippen molar-refractivity contribution in [1.82, 2.24) is 4.90 Å². The Morgan fingerprint density at radius 2 is 2.00 bits per heavy atom. The monoisotopic (exact) mass is 443 g/mol. The van der Waals surface area contributed by atoms with Crippen molar-refractivity contribution >= 4 is 40.3 Å². The van der Waals surface area contributed by atoms with Crippen molar-refractivity contribution in [2.24, 2.45) is 0 Å². The van der Waals surface area contributed by atoms with Gasteiger partial charge in [-0.2, -0.15) is 0 Å². The molecule has 1 amide bonds. The fourth-order valence-corrected chi connectivity index (χ4v) is 4.43. The first-order valence-corrected chi connectivity index (χ1v) is 10.6. The molecule has 0 N–H and O–H groups in total. The Balaban J connectivity index is 1.92. The molecular weight excluding hydrogens is 421 g/mol. The summed E-state index contributed by atoms with van der Waals surface area (Å²) in [5, 5.41) is 0. The minimum absolute atomic E-state index is 0.0895. The maximum Gasteiger partial charge on any atom is 0.266 e. The van der Waals surface area contributed by atoms with Gasteiger partial charge in [-0.15, -0.1) is 6.58 Å². The zero-order chi connectivity index (χ0) is 21.7. The molecule has 1 heterocycles. The molecule has 2 aromatic rings. The van der Waals surface area contributed by atoms with E-state index >= 15 is 0 Å². The van der Waals surface area contributed by atoms with Crippen LogP contribution in [-0.4, -0.2) is 28.8 Å². The zero-order valence-electron chi connectivity index (χ0n) is 16.8. The van der Waals surface area contributed by atoms with Crippen molar-refractivity contribution in [3.8, 4) is 11.5 Å². The molecule has 7 heteroatoms. The van der Waals surface area contributed by atoms with Gasteiger partial charge in [0, 0.05) is 12.1 Å². The number of rotatable bonds is 8. The number of thiocarbonyl (C=S) groups is 1. The van der Waals surface area contributed by atoms with Gasteiger partial charge in [-0.25, -0.2) is 4.39 Å². The van der Waals surface area contributed by atoms with Crippen LogP contribution in [0.4, 0.5) is 4.39 Å². The first kappa shape index (κ1) is 22.1. The fraction of sp³-hybridized carbons (Fsp3) is 0.217. The van der Waals surface area contributed by atoms with Crippen LogP contribution in [-0.2, 0) is 17.8 Å². The highest BCUT2D eigenvalue weighted by atomic mass is 32.2. The number of benzene rings is 2. The van der Waals surface area contributed by atoms with Crippen LogP contribution in [0.15, 0.2) is 54.0 Å². The van der Waals surface area contributed by atoms with Gasteiger partial charge in [0.05, 0.1) is 12.0 Å². The van der Waals surface area contributed by atoms with Crippen LogP contribution in [0.25, 0.3) is 6.08 Å². The SMILES string of the molecule is C=CCc1cc(/C=C2\SC(=S)N(CC)C2=O)cc(OC)c1OCc1ccc(F)cc1. The molecule has 0 atom stereocenters. The predicted molar refractivity (Wildman–Crippen MR) is 123 cm³/mol. The average Bonchev–Trinajstić information content (AvgIpc) is 3.00. The van der Waals surface area contributed by atoms with Crippen molar-refractivity contribution in [2.45, 2.75) is 20.0 Å². The van der Waals surface area contributed by atoms with Crippen molar-refractivity contribution in [2.75, 3.05) is 13.7 Å². The number of hydrogen-bond acceptors (Lipinski definition) is 5. The lowest BCUT2D eigenvalue weighted by Crippen LogP contribution is -2.27. The molecule has 0 saturated carbocycles. The topological polar surface area (TPSA) is 38.8 Å². The summed E-state index contributed by atoms with van der Waals surface area (Å²) < 4.78 is 25.3. The minimum Gasteiger partial charge on any atom is -0.493 e. The van der Waals surface area contributed by atoms with Crippen molar-refractivity contribution in [3.63, 3.8) is 0 Å². The lowest BCUT2D eigenvalue weighted by Gasteiger charge is -2.16. The Morgan fingerprint density at radius 3 is 2.60 bits per heavy atom. The highest BCUT2D eigenvalue weighted by Gasteiger charge is 2.30. The zero-order valence-corrected chi connectivity index (χ0v) is 18.4. The van der Waals surface area contributed by atoms with E-state index in [2.05, 4.69) is 6.58 Å². The molecule has 30 heavy (non-hydrogen) atoms. The van der Waals surface area contributed by atoms with Gasteiger partial charge < -0.3 is 9.47 Å². The van der Waals surface area contributed by atoms with Crippen LogP contribution in [0.1, 0.15) is 23.6 Å². The van der Waals surface area contributed by atoms with E-state index in [-0.39, 0.29) is 18.3 Å². The van der Waals surface area contributed by atoms with Gasteiger partial charge in [0.2, 0.25) is 0 Å². The third kappa shape index (κ3) is 4.91. The second-order valence-electron chi connectivity index (χ2n) is 6.55. The smallest absolute Gasteiger partial charge is 0.266 e. The van der Waals surface area contributed by atoms with Gasteiger partial charge in [0.25, 0.3) is 5.91 Å². The summed E-state index contributed by atoms with van der Waals surface area (Å²) in [5.41, 5.74) is 2.54. The summed E-state index contributed by atoms with van der Waals surface area (Å²) in [6, 6.07) is 9.93. The molecule has 2 aromatic carbocycles. The number of ether oxygens (including phenoxy) is 2. The van der Waals surface area contributed by atoms with Crippen LogP contribution in [0.3, 0.4) is 0 Å². The number of halogens is 1. The Kier molecular flexibility index (Phi) is 7.29.